The third-order valence-corrected chi connectivity index (χ3v) is 7.62. The molecular formula is C47H29N3O. The van der Waals surface area contributed by atoms with Crippen molar-refractivity contribution in [3.63, 3.8) is 0 Å². The lowest BCUT2D eigenvalue weighted by Gasteiger charge is -2.11. The Hall–Kier alpha value is -6.91. The number of hydrogen-bond acceptors (Lipinski definition) is 4. The molecule has 0 N–H and O–H groups in total. The lowest BCUT2D eigenvalue weighted by atomic mass is 9.93. The second kappa shape index (κ2) is 11.9. The average Bonchev–Trinajstić information content (AvgIpc) is 3.77. The van der Waals surface area contributed by atoms with Crippen molar-refractivity contribution < 1.29 is 44.2 Å². The van der Waals surface area contributed by atoms with Crippen molar-refractivity contribution in [1.82, 2.24) is 15.0 Å². The number of aromatic nitrogens is 3. The van der Waals surface area contributed by atoms with E-state index in [4.69, 9.17) is 33.2 Å². The van der Waals surface area contributed by atoms with Crippen LogP contribution in [0.2, 0.25) is 0 Å². The Morgan fingerprint density at radius 1 is 0.373 bits per heavy atom. The summed E-state index contributed by atoms with van der Waals surface area (Å²) in [5.74, 6) is -2.52. The van der Waals surface area contributed by atoms with E-state index in [9.17, 15) is 11.0 Å². The third-order valence-electron chi connectivity index (χ3n) is 7.62. The topological polar surface area (TPSA) is 51.8 Å². The van der Waals surface area contributed by atoms with Crippen LogP contribution in [0.1, 0.15) is 39.8 Å². The number of hydrogen-bond donors (Lipinski definition) is 0. The van der Waals surface area contributed by atoms with Crippen molar-refractivity contribution >= 4 is 43.5 Å². The van der Waals surface area contributed by atoms with Crippen molar-refractivity contribution in [2.45, 2.75) is 0 Å². The molecule has 0 radical (unpaired) electrons. The Morgan fingerprint density at radius 2 is 0.961 bits per heavy atom. The van der Waals surface area contributed by atoms with Crippen LogP contribution >= 0.6 is 0 Å². The molecule has 8 aromatic carbocycles. The smallest absolute Gasteiger partial charge is 0.164 e. The first-order valence-corrected chi connectivity index (χ1v) is 14.7. The molecule has 4 heteroatoms. The first kappa shape index (κ1) is 12.1. The summed E-state index contributed by atoms with van der Waals surface area (Å²) in [5.41, 5.74) is -6.83. The summed E-state index contributed by atoms with van der Waals surface area (Å²) in [7, 11) is 0. The van der Waals surface area contributed by atoms with E-state index in [0.29, 0.717) is 0 Å². The lowest BCUT2D eigenvalue weighted by Crippen LogP contribution is -2.00. The predicted octanol–water partition coefficient (Wildman–Crippen LogP) is 12.4. The fraction of sp³-hybridized carbons (Fsp3) is 0. The second-order valence-corrected chi connectivity index (χ2v) is 10.6. The second-order valence-electron chi connectivity index (χ2n) is 10.6. The zero-order valence-corrected chi connectivity index (χ0v) is 25.2. The van der Waals surface area contributed by atoms with Crippen LogP contribution in [0.15, 0.2) is 180 Å². The van der Waals surface area contributed by atoms with Gasteiger partial charge in [0.25, 0.3) is 0 Å². The molecular weight excluding hydrogens is 623 g/mol. The van der Waals surface area contributed by atoms with Gasteiger partial charge in [-0.05, 0) is 56.5 Å². The van der Waals surface area contributed by atoms with Gasteiger partial charge in [-0.2, -0.15) is 0 Å². The van der Waals surface area contributed by atoms with Gasteiger partial charge in [0.2, 0.25) is 0 Å². The number of benzene rings is 8. The third kappa shape index (κ3) is 5.04. The Labute approximate surface area is 335 Å². The van der Waals surface area contributed by atoms with Gasteiger partial charge in [0.15, 0.2) is 17.5 Å². The molecule has 0 amide bonds. The molecule has 10 aromatic rings. The van der Waals surface area contributed by atoms with Gasteiger partial charge in [-0.25, -0.2) is 15.0 Å². The van der Waals surface area contributed by atoms with Crippen LogP contribution in [0, 0.1) is 0 Å². The molecule has 0 atom stereocenters. The summed E-state index contributed by atoms with van der Waals surface area (Å²) in [5, 5.41) is -3.67. The molecule has 2 aromatic heterocycles. The molecule has 2 heterocycles. The number of furan rings is 1. The minimum atomic E-state index is -1.09. The molecule has 0 saturated heterocycles. The van der Waals surface area contributed by atoms with E-state index in [2.05, 4.69) is 15.0 Å². The van der Waals surface area contributed by atoms with E-state index < -0.39 is 275 Å². The maximum Gasteiger partial charge on any atom is 0.164 e. The van der Waals surface area contributed by atoms with Gasteiger partial charge in [0.1, 0.15) is 11.2 Å². The molecule has 0 bridgehead atoms. The van der Waals surface area contributed by atoms with E-state index >= 15 is 0 Å². The molecule has 51 heavy (non-hydrogen) atoms. The minimum absolute atomic E-state index is 0.543. The van der Waals surface area contributed by atoms with E-state index in [-0.39, 0.29) is 0 Å². The van der Waals surface area contributed by atoms with Crippen molar-refractivity contribution in [2.24, 2.45) is 0 Å². The van der Waals surface area contributed by atoms with Gasteiger partial charge in [-0.3, -0.25) is 0 Å². The van der Waals surface area contributed by atoms with Crippen LogP contribution in [0.3, 0.4) is 0 Å². The molecule has 4 nitrogen and oxygen atoms in total. The first-order valence-electron chi connectivity index (χ1n) is 29.2. The van der Waals surface area contributed by atoms with Crippen molar-refractivity contribution in [3.8, 4) is 56.4 Å². The number of fused-ring (bicyclic) bond motifs is 6. The zero-order chi connectivity index (χ0) is 59.0. The highest BCUT2D eigenvalue weighted by atomic mass is 16.3. The molecule has 10 rings (SSSR count). The van der Waals surface area contributed by atoms with Crippen LogP contribution in [0.5, 0.6) is 0 Å². The largest absolute Gasteiger partial charge is 0.455 e. The maximum absolute atomic E-state index is 10.0. The molecule has 0 fully saturated rings. The molecule has 238 valence electrons. The van der Waals surface area contributed by atoms with Crippen molar-refractivity contribution in [1.29, 1.82) is 0 Å². The normalized spacial score (nSPS) is 19.5. The highest BCUT2D eigenvalue weighted by molar-refractivity contribution is 6.22. The van der Waals surface area contributed by atoms with E-state index in [1.807, 2.05) is 0 Å². The van der Waals surface area contributed by atoms with Crippen LogP contribution < -0.4 is 0 Å². The van der Waals surface area contributed by atoms with Gasteiger partial charge in [-0.15, -0.1) is 0 Å². The molecule has 0 aliphatic heterocycles. The molecule has 0 aliphatic carbocycles. The lowest BCUT2D eigenvalue weighted by molar-refractivity contribution is 0.673. The van der Waals surface area contributed by atoms with Crippen LogP contribution in [-0.2, 0) is 0 Å². The van der Waals surface area contributed by atoms with Crippen LogP contribution in [-0.4, -0.2) is 15.0 Å². The van der Waals surface area contributed by atoms with Crippen molar-refractivity contribution in [2.75, 3.05) is 0 Å². The fourth-order valence-electron chi connectivity index (χ4n) is 5.38. The quantitative estimate of drug-likeness (QED) is 0.182. The van der Waals surface area contributed by atoms with Gasteiger partial charge in [-0.1, -0.05) is 157 Å². The summed E-state index contributed by atoms with van der Waals surface area (Å²) in [6.45, 7) is 0. The summed E-state index contributed by atoms with van der Waals surface area (Å²) in [6.07, 6.45) is 0. The van der Waals surface area contributed by atoms with E-state index in [1.165, 1.54) is 0 Å². The SMILES string of the molecule is [2H]c1c([2H])c([2H])c(-c2nc(-c3c([2H])c([2H])c([2H])c([2H])c3[2H])nc(-c3c([2H])c([2H])c([2H])c4oc5c6c([2H])c([2H])c([2H])c([2H])c6c(-c6c([2H])c([2H])c(-c7c([2H])c([2H])c8c([2H])c([2H])c([2H])c([2H])c8c7[2H])c([2H])c6[2H])c([2H])c5c34)n2)c([2H])c1[2H]. The summed E-state index contributed by atoms with van der Waals surface area (Å²) in [6, 6.07) is -26.7. The average molecular weight is 681 g/mol. The van der Waals surface area contributed by atoms with Gasteiger partial charge >= 0.3 is 0 Å². The van der Waals surface area contributed by atoms with Gasteiger partial charge < -0.3 is 4.42 Å². The molecule has 0 unspecified atom stereocenters. The van der Waals surface area contributed by atoms with Crippen LogP contribution in [0.25, 0.3) is 99.9 Å². The Balaban J connectivity index is 1.40. The zero-order valence-electron chi connectivity index (χ0n) is 54.2. The van der Waals surface area contributed by atoms with Crippen LogP contribution in [0.4, 0.5) is 0 Å². The molecule has 0 spiro atoms. The predicted molar refractivity (Wildman–Crippen MR) is 209 cm³/mol. The highest BCUT2D eigenvalue weighted by Crippen LogP contribution is 2.43. The first-order chi connectivity index (χ1) is 37.3. The summed E-state index contributed by atoms with van der Waals surface area (Å²) < 4.78 is 263. The summed E-state index contributed by atoms with van der Waals surface area (Å²) in [4.78, 5) is 13.0. The highest BCUT2D eigenvalue weighted by Gasteiger charge is 2.20. The number of nitrogens with zero attached hydrogens (tertiary/aromatic N) is 3. The standard InChI is InChI=1S/C47H29N3O/c1-3-13-33(14-4-1)45-48-46(34-15-5-2-6-16-34)50-47(49-45)39-20-11-21-42-43(39)41-29-40(37-18-9-10-19-38(37)44(41)51-42)32-25-22-31(23-26-32)36-27-24-30-12-7-8-17-35(30)28-36/h1-29H/i1D,2D,3D,4D,5D,6D,7D,8D,9D,10D,11D,12D,13D,14D,15D,16D,17D,18D,19D,20D,21D,22D,23D,24D,25D,26D,27D,28D,29D. The molecule has 0 aliphatic rings. The Bertz CT molecular complexity index is 4420. The van der Waals surface area contributed by atoms with Gasteiger partial charge in [0, 0.05) is 32.8 Å². The molecule has 0 saturated carbocycles. The minimum Gasteiger partial charge on any atom is -0.455 e. The van der Waals surface area contributed by atoms with Gasteiger partial charge in [0.05, 0.1) is 39.8 Å². The van der Waals surface area contributed by atoms with E-state index in [0.717, 1.165) is 0 Å². The van der Waals surface area contributed by atoms with Crippen molar-refractivity contribution in [3.05, 3.63) is 175 Å². The Kier molecular flexibility index (Phi) is 2.83. The monoisotopic (exact) mass is 680 g/mol. The number of rotatable bonds is 5. The van der Waals surface area contributed by atoms with E-state index in [1.54, 1.807) is 0 Å². The maximum atomic E-state index is 10.0. The summed E-state index contributed by atoms with van der Waals surface area (Å²) >= 11 is 0. The fourth-order valence-corrected chi connectivity index (χ4v) is 5.38. The Morgan fingerprint density at radius 3 is 1.69 bits per heavy atom.